The van der Waals surface area contributed by atoms with Gasteiger partial charge in [0.1, 0.15) is 5.69 Å². The summed E-state index contributed by atoms with van der Waals surface area (Å²) in [4.78, 5) is 56.2. The van der Waals surface area contributed by atoms with Crippen molar-refractivity contribution in [1.82, 2.24) is 9.47 Å². The Morgan fingerprint density at radius 3 is 2.31 bits per heavy atom. The van der Waals surface area contributed by atoms with Crippen LogP contribution in [0.4, 0.5) is 28.4 Å². The Morgan fingerprint density at radius 2 is 1.59 bits per heavy atom. The first-order valence-electron chi connectivity index (χ1n) is 16.4. The fourth-order valence-corrected chi connectivity index (χ4v) is 6.21. The molecule has 11 nitrogen and oxygen atoms in total. The molecular formula is C38H40N6O5. The molecule has 3 N–H and O–H groups in total. The van der Waals surface area contributed by atoms with Crippen molar-refractivity contribution in [2.24, 2.45) is 7.05 Å². The highest BCUT2D eigenvalue weighted by Crippen LogP contribution is 2.31. The number of nitrogens with zero attached hydrogens (tertiary/aromatic N) is 3. The van der Waals surface area contributed by atoms with Crippen molar-refractivity contribution in [3.63, 3.8) is 0 Å². The van der Waals surface area contributed by atoms with E-state index in [0.717, 1.165) is 41.5 Å². The van der Waals surface area contributed by atoms with E-state index >= 15 is 0 Å². The molecule has 2 fully saturated rings. The van der Waals surface area contributed by atoms with Crippen molar-refractivity contribution in [3.05, 3.63) is 113 Å². The zero-order valence-electron chi connectivity index (χ0n) is 27.8. The number of benzene rings is 3. The SMILES string of the molecule is C=CC(=O)Nc1cc(Nc2cc(-c3cccc(NC(=O)c4ccc(N5CCCC5)cc4)c3C)cn(C)c2=O)ccc1C(=O)N1CCOCC1. The Labute approximate surface area is 285 Å². The van der Waals surface area contributed by atoms with Crippen LogP contribution in [0.25, 0.3) is 11.1 Å². The lowest BCUT2D eigenvalue weighted by Crippen LogP contribution is -2.41. The number of hydrogen-bond acceptors (Lipinski definition) is 7. The van der Waals surface area contributed by atoms with E-state index in [0.29, 0.717) is 60.2 Å². The van der Waals surface area contributed by atoms with E-state index in [1.54, 1.807) is 42.4 Å². The van der Waals surface area contributed by atoms with Gasteiger partial charge in [-0.25, -0.2) is 0 Å². The highest BCUT2D eigenvalue weighted by Gasteiger charge is 2.22. The second-order valence-corrected chi connectivity index (χ2v) is 12.2. The van der Waals surface area contributed by atoms with Crippen LogP contribution in [0, 0.1) is 6.92 Å². The number of pyridine rings is 1. The molecule has 0 atom stereocenters. The summed E-state index contributed by atoms with van der Waals surface area (Å²) < 4.78 is 6.86. The summed E-state index contributed by atoms with van der Waals surface area (Å²) in [7, 11) is 1.67. The average molecular weight is 661 g/mol. The van der Waals surface area contributed by atoms with E-state index in [4.69, 9.17) is 4.74 Å². The monoisotopic (exact) mass is 660 g/mol. The van der Waals surface area contributed by atoms with Gasteiger partial charge in [0.15, 0.2) is 0 Å². The Bertz CT molecular complexity index is 1960. The van der Waals surface area contributed by atoms with E-state index in [2.05, 4.69) is 27.4 Å². The fraction of sp³-hybridized carbons (Fsp3) is 0.263. The molecule has 3 heterocycles. The predicted molar refractivity (Wildman–Crippen MR) is 193 cm³/mol. The van der Waals surface area contributed by atoms with Crippen LogP contribution >= 0.6 is 0 Å². The van der Waals surface area contributed by atoms with Crippen LogP contribution in [0.2, 0.25) is 0 Å². The number of hydrogen-bond donors (Lipinski definition) is 3. The molecule has 3 aromatic carbocycles. The molecular weight excluding hydrogens is 620 g/mol. The van der Waals surface area contributed by atoms with E-state index in [1.807, 2.05) is 49.4 Å². The van der Waals surface area contributed by atoms with Crippen molar-refractivity contribution in [3.8, 4) is 11.1 Å². The number of rotatable bonds is 9. The molecule has 1 aromatic heterocycles. The van der Waals surface area contributed by atoms with Gasteiger partial charge in [-0.15, -0.1) is 0 Å². The van der Waals surface area contributed by atoms with Gasteiger partial charge in [-0.3, -0.25) is 19.2 Å². The molecule has 49 heavy (non-hydrogen) atoms. The first-order valence-corrected chi connectivity index (χ1v) is 16.4. The molecule has 11 heteroatoms. The number of carbonyl (C=O) groups excluding carboxylic acids is 3. The zero-order valence-corrected chi connectivity index (χ0v) is 27.8. The number of nitrogens with one attached hydrogen (secondary N) is 3. The summed E-state index contributed by atoms with van der Waals surface area (Å²) in [5.41, 5.74) is 5.94. The second-order valence-electron chi connectivity index (χ2n) is 12.2. The fourth-order valence-electron chi connectivity index (χ4n) is 6.21. The van der Waals surface area contributed by atoms with Crippen molar-refractivity contribution in [2.75, 3.05) is 60.2 Å². The first kappa shape index (κ1) is 33.2. The highest BCUT2D eigenvalue weighted by atomic mass is 16.5. The molecule has 2 aliphatic rings. The van der Waals surface area contributed by atoms with Gasteiger partial charge in [0.25, 0.3) is 17.4 Å². The van der Waals surface area contributed by atoms with Gasteiger partial charge in [-0.2, -0.15) is 0 Å². The van der Waals surface area contributed by atoms with Crippen LogP contribution in [0.5, 0.6) is 0 Å². The Kier molecular flexibility index (Phi) is 9.91. The normalized spacial score (nSPS) is 14.3. The minimum absolute atomic E-state index is 0.203. The molecule has 4 aromatic rings. The van der Waals surface area contributed by atoms with Crippen molar-refractivity contribution in [2.45, 2.75) is 19.8 Å². The molecule has 0 aliphatic carbocycles. The van der Waals surface area contributed by atoms with Crippen molar-refractivity contribution in [1.29, 1.82) is 0 Å². The molecule has 0 unspecified atom stereocenters. The lowest BCUT2D eigenvalue weighted by Gasteiger charge is -2.27. The summed E-state index contributed by atoms with van der Waals surface area (Å²) >= 11 is 0. The van der Waals surface area contributed by atoms with E-state index in [9.17, 15) is 19.2 Å². The molecule has 3 amide bonds. The third-order valence-corrected chi connectivity index (χ3v) is 8.95. The molecule has 2 saturated heterocycles. The maximum Gasteiger partial charge on any atom is 0.274 e. The largest absolute Gasteiger partial charge is 0.378 e. The van der Waals surface area contributed by atoms with E-state index in [1.165, 1.54) is 17.4 Å². The van der Waals surface area contributed by atoms with Crippen molar-refractivity contribution < 1.29 is 19.1 Å². The molecule has 0 spiro atoms. The minimum atomic E-state index is -0.465. The quantitative estimate of drug-likeness (QED) is 0.201. The highest BCUT2D eigenvalue weighted by molar-refractivity contribution is 6.07. The van der Waals surface area contributed by atoms with Gasteiger partial charge < -0.3 is 35.1 Å². The van der Waals surface area contributed by atoms with Crippen LogP contribution in [-0.2, 0) is 16.6 Å². The number of carbonyl (C=O) groups is 3. The average Bonchev–Trinajstić information content (AvgIpc) is 3.67. The molecule has 6 rings (SSSR count). The smallest absolute Gasteiger partial charge is 0.274 e. The number of amides is 3. The van der Waals surface area contributed by atoms with Crippen LogP contribution in [0.3, 0.4) is 0 Å². The maximum absolute atomic E-state index is 13.3. The lowest BCUT2D eigenvalue weighted by atomic mass is 9.99. The molecule has 0 radical (unpaired) electrons. The van der Waals surface area contributed by atoms with Gasteiger partial charge in [-0.05, 0) is 91.6 Å². The number of ether oxygens (including phenoxy) is 1. The predicted octanol–water partition coefficient (Wildman–Crippen LogP) is 5.55. The van der Waals surface area contributed by atoms with Crippen LogP contribution in [0.15, 0.2) is 90.4 Å². The molecule has 2 aliphatic heterocycles. The summed E-state index contributed by atoms with van der Waals surface area (Å²) in [6, 6.07) is 20.1. The summed E-state index contributed by atoms with van der Waals surface area (Å²) in [5, 5.41) is 8.97. The lowest BCUT2D eigenvalue weighted by molar-refractivity contribution is -0.111. The standard InChI is InChI=1S/C38H40N6O5/c1-4-35(45)40-33-23-28(12-15-31(33)37(47)44-18-20-49-21-19-44)39-34-22-27(24-42(3)38(34)48)30-8-7-9-32(25(30)2)41-36(46)26-10-13-29(14-11-26)43-16-5-6-17-43/h4,7-15,22-24,39H,1,5-6,16-21H2,2-3H3,(H,40,45)(H,41,46). The molecule has 0 bridgehead atoms. The van der Waals surface area contributed by atoms with Gasteiger partial charge >= 0.3 is 0 Å². The summed E-state index contributed by atoms with van der Waals surface area (Å²) in [6.45, 7) is 9.32. The van der Waals surface area contributed by atoms with Gasteiger partial charge in [0, 0.05) is 67.6 Å². The van der Waals surface area contributed by atoms with Crippen molar-refractivity contribution >= 4 is 46.2 Å². The Balaban J connectivity index is 1.25. The molecule has 0 saturated carbocycles. The first-order chi connectivity index (χ1) is 23.7. The second kappa shape index (κ2) is 14.6. The number of aryl methyl sites for hydroxylation is 1. The van der Waals surface area contributed by atoms with Crippen LogP contribution in [0.1, 0.15) is 39.1 Å². The van der Waals surface area contributed by atoms with Crippen LogP contribution in [-0.4, -0.2) is 66.6 Å². The van der Waals surface area contributed by atoms with E-state index in [-0.39, 0.29) is 17.4 Å². The van der Waals surface area contributed by atoms with Gasteiger partial charge in [0.2, 0.25) is 5.91 Å². The Hall–Kier alpha value is -5.68. The topological polar surface area (TPSA) is 125 Å². The zero-order chi connectivity index (χ0) is 34.5. The maximum atomic E-state index is 13.3. The third-order valence-electron chi connectivity index (χ3n) is 8.95. The van der Waals surface area contributed by atoms with Crippen LogP contribution < -0.4 is 26.4 Å². The molecule has 252 valence electrons. The van der Waals surface area contributed by atoms with Gasteiger partial charge in [-0.1, -0.05) is 18.7 Å². The summed E-state index contributed by atoms with van der Waals surface area (Å²) in [6.07, 6.45) is 5.25. The minimum Gasteiger partial charge on any atom is -0.378 e. The van der Waals surface area contributed by atoms with E-state index < -0.39 is 5.91 Å². The number of morpholine rings is 1. The summed E-state index contributed by atoms with van der Waals surface area (Å²) in [5.74, 6) is -0.896. The third kappa shape index (κ3) is 7.42. The number of aromatic nitrogens is 1. The van der Waals surface area contributed by atoms with Gasteiger partial charge in [0.05, 0.1) is 24.5 Å². The number of anilines is 5. The Morgan fingerprint density at radius 1 is 0.857 bits per heavy atom.